The minimum atomic E-state index is -0.749. The first-order chi connectivity index (χ1) is 34.8. The summed E-state index contributed by atoms with van der Waals surface area (Å²) in [6, 6.07) is 31.4. The second-order valence-electron chi connectivity index (χ2n) is 19.4. The Morgan fingerprint density at radius 3 is 1.04 bits per heavy atom. The fourth-order valence-electron chi connectivity index (χ4n) is 9.09. The highest BCUT2D eigenvalue weighted by Crippen LogP contribution is 2.40. The molecule has 6 nitrogen and oxygen atoms in total. The summed E-state index contributed by atoms with van der Waals surface area (Å²) in [5.41, 5.74) is 2.51. The quantitative estimate of drug-likeness (QED) is 0.0319. The minimum absolute atomic E-state index is 0.0599. The van der Waals surface area contributed by atoms with Crippen LogP contribution in [0.15, 0.2) is 115 Å². The summed E-state index contributed by atoms with van der Waals surface area (Å²) >= 11 is 0. The first-order valence-corrected chi connectivity index (χ1v) is 28.8. The Labute approximate surface area is 430 Å². The van der Waals surface area contributed by atoms with Gasteiger partial charge in [0.15, 0.2) is 0 Å². The van der Waals surface area contributed by atoms with Gasteiger partial charge in [0.05, 0.1) is 52.9 Å². The molecule has 394 valence electrons. The summed E-state index contributed by atoms with van der Waals surface area (Å²) in [7, 11) is 0. The van der Waals surface area contributed by atoms with Crippen molar-refractivity contribution in [3.63, 3.8) is 0 Å². The number of allylic oxidation sites excluding steroid dienone is 4. The predicted molar refractivity (Wildman–Crippen MR) is 297 cm³/mol. The van der Waals surface area contributed by atoms with Crippen LogP contribution in [0.4, 0.5) is 0 Å². The fourth-order valence-corrected chi connectivity index (χ4v) is 9.09. The van der Waals surface area contributed by atoms with Crippen molar-refractivity contribution >= 4 is 0 Å². The Hall–Kier alpha value is -3.10. The molecule has 3 aromatic rings. The van der Waals surface area contributed by atoms with Crippen molar-refractivity contribution in [1.82, 2.24) is 0 Å². The molecule has 1 atom stereocenters. The number of rotatable bonds is 50. The maximum atomic E-state index is 6.83. The fraction of sp³-hybridized carbons (Fsp3) is 0.656. The molecule has 0 aliphatic carbocycles. The summed E-state index contributed by atoms with van der Waals surface area (Å²) in [6.45, 7) is 10.1. The summed E-state index contributed by atoms with van der Waals surface area (Å²) in [5, 5.41) is 0. The van der Waals surface area contributed by atoms with Gasteiger partial charge in [0.1, 0.15) is 11.7 Å². The normalized spacial score (nSPS) is 12.5. The van der Waals surface area contributed by atoms with Crippen LogP contribution in [-0.4, -0.2) is 72.2 Å². The van der Waals surface area contributed by atoms with Gasteiger partial charge in [-0.1, -0.05) is 245 Å². The zero-order valence-corrected chi connectivity index (χ0v) is 44.9. The molecule has 0 amide bonds. The molecule has 0 radical (unpaired) electrons. The van der Waals surface area contributed by atoms with Gasteiger partial charge < -0.3 is 28.4 Å². The van der Waals surface area contributed by atoms with E-state index in [1.807, 2.05) is 18.2 Å². The molecule has 0 aliphatic rings. The van der Waals surface area contributed by atoms with E-state index in [-0.39, 0.29) is 6.10 Å². The molecule has 0 saturated carbocycles. The van der Waals surface area contributed by atoms with Crippen molar-refractivity contribution in [2.24, 2.45) is 0 Å². The first-order valence-electron chi connectivity index (χ1n) is 28.8. The van der Waals surface area contributed by atoms with E-state index < -0.39 is 5.60 Å². The molecule has 0 aliphatic heterocycles. The van der Waals surface area contributed by atoms with Crippen LogP contribution in [0.3, 0.4) is 0 Å². The number of hydrogen-bond acceptors (Lipinski definition) is 6. The molecular formula is C64H102O6. The summed E-state index contributed by atoms with van der Waals surface area (Å²) < 4.78 is 37.3. The molecule has 1 unspecified atom stereocenters. The average molecular weight is 968 g/mol. The smallest absolute Gasteiger partial charge is 0.143 e. The molecular weight excluding hydrogens is 865 g/mol. The number of unbranched alkanes of at least 4 members (excludes halogenated alkanes) is 24. The Morgan fingerprint density at radius 2 is 0.643 bits per heavy atom. The number of benzene rings is 3. The summed E-state index contributed by atoms with van der Waals surface area (Å²) in [6.07, 6.45) is 46.3. The predicted octanol–water partition coefficient (Wildman–Crippen LogP) is 17.5. The molecule has 6 heteroatoms. The van der Waals surface area contributed by atoms with Gasteiger partial charge in [-0.2, -0.15) is 0 Å². The van der Waals surface area contributed by atoms with Crippen LogP contribution in [0.25, 0.3) is 0 Å². The molecule has 0 bridgehead atoms. The van der Waals surface area contributed by atoms with Crippen molar-refractivity contribution < 1.29 is 28.4 Å². The van der Waals surface area contributed by atoms with Gasteiger partial charge in [-0.15, -0.1) is 0 Å². The third-order valence-electron chi connectivity index (χ3n) is 13.2. The summed E-state index contributed by atoms with van der Waals surface area (Å²) in [5.74, 6) is 0. The Morgan fingerprint density at radius 1 is 0.329 bits per heavy atom. The Balaban J connectivity index is 1.27. The molecule has 70 heavy (non-hydrogen) atoms. The zero-order valence-electron chi connectivity index (χ0n) is 44.9. The van der Waals surface area contributed by atoms with Crippen molar-refractivity contribution in [3.8, 4) is 0 Å². The highest BCUT2D eigenvalue weighted by Gasteiger charge is 2.37. The van der Waals surface area contributed by atoms with Crippen LogP contribution in [-0.2, 0) is 34.0 Å². The van der Waals surface area contributed by atoms with Crippen molar-refractivity contribution in [3.05, 3.63) is 132 Å². The third kappa shape index (κ3) is 30.7. The van der Waals surface area contributed by atoms with Gasteiger partial charge in [0.2, 0.25) is 0 Å². The van der Waals surface area contributed by atoms with Gasteiger partial charge in [-0.3, -0.25) is 0 Å². The molecule has 0 aromatic heterocycles. The Bertz CT molecular complexity index is 1480. The molecule has 3 aromatic carbocycles. The molecule has 0 fully saturated rings. The van der Waals surface area contributed by atoms with Crippen LogP contribution in [0.2, 0.25) is 0 Å². The molecule has 0 saturated heterocycles. The van der Waals surface area contributed by atoms with Gasteiger partial charge in [0.25, 0.3) is 0 Å². The van der Waals surface area contributed by atoms with Gasteiger partial charge in [0, 0.05) is 13.2 Å². The van der Waals surface area contributed by atoms with E-state index in [0.717, 1.165) is 42.7 Å². The van der Waals surface area contributed by atoms with Crippen LogP contribution in [0, 0.1) is 0 Å². The van der Waals surface area contributed by atoms with E-state index in [9.17, 15) is 0 Å². The topological polar surface area (TPSA) is 55.4 Å². The van der Waals surface area contributed by atoms with Crippen LogP contribution in [0.5, 0.6) is 0 Å². The van der Waals surface area contributed by atoms with Crippen molar-refractivity contribution in [2.45, 2.75) is 205 Å². The highest BCUT2D eigenvalue weighted by atomic mass is 16.6. The van der Waals surface area contributed by atoms with Crippen LogP contribution >= 0.6 is 0 Å². The average Bonchev–Trinajstić information content (AvgIpc) is 3.40. The molecule has 0 spiro atoms. The van der Waals surface area contributed by atoms with Crippen LogP contribution < -0.4 is 0 Å². The van der Waals surface area contributed by atoms with E-state index in [0.29, 0.717) is 52.9 Å². The zero-order chi connectivity index (χ0) is 49.4. The lowest BCUT2D eigenvalue weighted by molar-refractivity contribution is -0.0710. The van der Waals surface area contributed by atoms with Crippen LogP contribution in [0.1, 0.15) is 210 Å². The minimum Gasteiger partial charge on any atom is -0.379 e. The molecule has 3 rings (SSSR count). The summed E-state index contributed by atoms with van der Waals surface area (Å²) in [4.78, 5) is 0. The number of ether oxygens (including phenoxy) is 6. The van der Waals surface area contributed by atoms with Gasteiger partial charge in [-0.25, -0.2) is 0 Å². The van der Waals surface area contributed by atoms with Gasteiger partial charge in [-0.05, 0) is 80.9 Å². The van der Waals surface area contributed by atoms with E-state index in [2.05, 4.69) is 111 Å². The van der Waals surface area contributed by atoms with E-state index in [4.69, 9.17) is 28.4 Å². The highest BCUT2D eigenvalue weighted by molar-refractivity contribution is 5.47. The van der Waals surface area contributed by atoms with Crippen molar-refractivity contribution in [1.29, 1.82) is 0 Å². The van der Waals surface area contributed by atoms with E-state index >= 15 is 0 Å². The third-order valence-corrected chi connectivity index (χ3v) is 13.2. The van der Waals surface area contributed by atoms with Crippen molar-refractivity contribution in [2.75, 3.05) is 66.1 Å². The molecule has 0 heterocycles. The standard InChI is InChI=1S/C64H102O6/c1-3-5-7-9-11-13-15-17-19-21-23-25-27-29-31-42-50-67-58-63(69-51-43-32-30-28-26-24-22-20-18-16-14-12-10-8-6-4-2)59-68-55-54-65-52-53-66-56-57-70-64(60-44-36-33-37-45-60,61-46-38-34-39-47-61)62-48-40-35-41-49-62/h17-20,33-41,44-49,63H,3-16,21-32,42-43,50-59H2,1-2H3/b19-17-,20-18-. The number of hydrogen-bond donors (Lipinski definition) is 0. The maximum absolute atomic E-state index is 6.83. The van der Waals surface area contributed by atoms with E-state index in [1.54, 1.807) is 0 Å². The lowest BCUT2D eigenvalue weighted by atomic mass is 9.80. The lowest BCUT2D eigenvalue weighted by Gasteiger charge is -2.36. The molecule has 0 N–H and O–H groups in total. The monoisotopic (exact) mass is 967 g/mol. The maximum Gasteiger partial charge on any atom is 0.143 e. The largest absolute Gasteiger partial charge is 0.379 e. The second kappa shape index (κ2) is 45.7. The SMILES string of the molecule is CCCCCCCC/C=C\CCCCCCCCOCC(COCCOCCOCCOC(c1ccccc1)(c1ccccc1)c1ccccc1)OCCCCCCCC/C=C\CCCCCCCC. The van der Waals surface area contributed by atoms with Gasteiger partial charge >= 0.3 is 0 Å². The first kappa shape index (κ1) is 61.2. The second-order valence-corrected chi connectivity index (χ2v) is 19.4. The Kier molecular flexibility index (Phi) is 40.0. The van der Waals surface area contributed by atoms with E-state index in [1.165, 1.54) is 167 Å². The lowest BCUT2D eigenvalue weighted by Crippen LogP contribution is -2.34.